The predicted molar refractivity (Wildman–Crippen MR) is 80.0 cm³/mol. The van der Waals surface area contributed by atoms with Crippen LogP contribution in [0, 0.1) is 0 Å². The third-order valence-electron chi connectivity index (χ3n) is 2.98. The molecule has 0 aliphatic carbocycles. The zero-order valence-corrected chi connectivity index (χ0v) is 12.2. The zero-order chi connectivity index (χ0) is 12.9. The summed E-state index contributed by atoms with van der Waals surface area (Å²) in [6.45, 7) is 0. The maximum atomic E-state index is 3.78. The van der Waals surface area contributed by atoms with E-state index in [1.807, 2.05) is 18.2 Å². The molecule has 1 radical (unpaired) electrons. The first-order valence-corrected chi connectivity index (χ1v) is 6.25. The van der Waals surface area contributed by atoms with Crippen LogP contribution in [0.2, 0.25) is 0 Å². The van der Waals surface area contributed by atoms with Crippen molar-refractivity contribution in [3.8, 4) is 0 Å². The standard InChI is InChI=1S/C12H9N.C5H5N.Ag/c1-3-7-11-9(5-1)10-6-2-4-8-12(10)13-11;1-2-4-6-5-3-1;/h1-8,13H;1-5H;. The van der Waals surface area contributed by atoms with Gasteiger partial charge in [0, 0.05) is 56.6 Å². The van der Waals surface area contributed by atoms with Crippen molar-refractivity contribution in [1.82, 2.24) is 9.97 Å². The van der Waals surface area contributed by atoms with Crippen molar-refractivity contribution in [2.45, 2.75) is 0 Å². The van der Waals surface area contributed by atoms with E-state index < -0.39 is 0 Å². The Kier molecular flexibility index (Phi) is 5.13. The van der Waals surface area contributed by atoms with Crippen LogP contribution >= 0.6 is 0 Å². The number of aromatic amines is 1. The molecular weight excluding hydrogens is 340 g/mol. The van der Waals surface area contributed by atoms with Crippen LogP contribution < -0.4 is 0 Å². The molecule has 2 heterocycles. The summed E-state index contributed by atoms with van der Waals surface area (Å²) in [5, 5.41) is 2.61. The normalized spacial score (nSPS) is 9.60. The second kappa shape index (κ2) is 7.06. The topological polar surface area (TPSA) is 28.7 Å². The van der Waals surface area contributed by atoms with Crippen molar-refractivity contribution in [1.29, 1.82) is 0 Å². The minimum absolute atomic E-state index is 0. The molecule has 0 spiro atoms. The van der Waals surface area contributed by atoms with Crippen molar-refractivity contribution in [3.05, 3.63) is 79.1 Å². The first kappa shape index (κ1) is 14.5. The molecule has 0 aliphatic rings. The van der Waals surface area contributed by atoms with E-state index in [0.29, 0.717) is 0 Å². The number of fused-ring (bicyclic) bond motifs is 3. The van der Waals surface area contributed by atoms with Crippen LogP contribution in [0.1, 0.15) is 0 Å². The third kappa shape index (κ3) is 3.17. The number of para-hydroxylation sites is 2. The van der Waals surface area contributed by atoms with E-state index in [2.05, 4.69) is 58.5 Å². The van der Waals surface area contributed by atoms with Gasteiger partial charge in [-0.25, -0.2) is 0 Å². The van der Waals surface area contributed by atoms with E-state index in [1.165, 1.54) is 21.8 Å². The molecule has 0 saturated carbocycles. The van der Waals surface area contributed by atoms with Crippen molar-refractivity contribution in [2.24, 2.45) is 0 Å². The molecule has 0 saturated heterocycles. The minimum atomic E-state index is 0. The number of H-pyrrole nitrogens is 1. The number of nitrogens with zero attached hydrogens (tertiary/aromatic N) is 1. The Bertz CT molecular complexity index is 701. The minimum Gasteiger partial charge on any atom is -0.355 e. The fraction of sp³-hybridized carbons (Fsp3) is 0. The van der Waals surface area contributed by atoms with Gasteiger partial charge in [0.15, 0.2) is 0 Å². The van der Waals surface area contributed by atoms with E-state index in [9.17, 15) is 0 Å². The number of aromatic nitrogens is 2. The average molecular weight is 354 g/mol. The van der Waals surface area contributed by atoms with Gasteiger partial charge in [-0.05, 0) is 24.3 Å². The Morgan fingerprint density at radius 3 is 1.50 bits per heavy atom. The quantitative estimate of drug-likeness (QED) is 0.466. The average Bonchev–Trinajstić information content (AvgIpc) is 2.88. The number of hydrogen-bond donors (Lipinski definition) is 1. The van der Waals surface area contributed by atoms with E-state index in [-0.39, 0.29) is 22.4 Å². The molecule has 0 bridgehead atoms. The summed E-state index contributed by atoms with van der Waals surface area (Å²) in [5.41, 5.74) is 2.42. The van der Waals surface area contributed by atoms with Gasteiger partial charge in [-0.15, -0.1) is 0 Å². The molecule has 4 aromatic rings. The van der Waals surface area contributed by atoms with Gasteiger partial charge in [0.05, 0.1) is 0 Å². The Labute approximate surface area is 133 Å². The maximum Gasteiger partial charge on any atom is 0.0464 e. The molecule has 2 aromatic carbocycles. The number of nitrogens with one attached hydrogen (secondary N) is 1. The van der Waals surface area contributed by atoms with Crippen LogP contribution in [0.3, 0.4) is 0 Å². The van der Waals surface area contributed by atoms with Gasteiger partial charge in [0.2, 0.25) is 0 Å². The molecule has 0 fully saturated rings. The number of benzene rings is 2. The Hall–Kier alpha value is -1.87. The maximum absolute atomic E-state index is 3.78. The molecular formula is C17H14AgN2. The first-order valence-electron chi connectivity index (χ1n) is 6.25. The van der Waals surface area contributed by atoms with Gasteiger partial charge in [-0.2, -0.15) is 0 Å². The summed E-state index contributed by atoms with van der Waals surface area (Å²) in [4.78, 5) is 7.16. The van der Waals surface area contributed by atoms with E-state index in [0.717, 1.165) is 0 Å². The number of rotatable bonds is 0. The van der Waals surface area contributed by atoms with Crippen LogP contribution in [-0.4, -0.2) is 9.97 Å². The van der Waals surface area contributed by atoms with Crippen LogP contribution in [0.15, 0.2) is 79.1 Å². The molecule has 103 valence electrons. The van der Waals surface area contributed by atoms with Crippen LogP contribution in [0.4, 0.5) is 0 Å². The third-order valence-corrected chi connectivity index (χ3v) is 2.98. The Morgan fingerprint density at radius 1 is 0.600 bits per heavy atom. The van der Waals surface area contributed by atoms with Crippen LogP contribution in [0.25, 0.3) is 21.8 Å². The molecule has 2 nitrogen and oxygen atoms in total. The monoisotopic (exact) mass is 353 g/mol. The summed E-state index contributed by atoms with van der Waals surface area (Å²) in [6.07, 6.45) is 3.50. The second-order valence-corrected chi connectivity index (χ2v) is 4.24. The number of pyridine rings is 1. The van der Waals surface area contributed by atoms with Crippen LogP contribution in [0.5, 0.6) is 0 Å². The molecule has 4 rings (SSSR count). The van der Waals surface area contributed by atoms with E-state index >= 15 is 0 Å². The number of hydrogen-bond acceptors (Lipinski definition) is 1. The molecule has 1 N–H and O–H groups in total. The van der Waals surface area contributed by atoms with Gasteiger partial charge in [-0.1, -0.05) is 42.5 Å². The van der Waals surface area contributed by atoms with E-state index in [1.54, 1.807) is 12.4 Å². The SMILES string of the molecule is [Ag].c1ccc2c(c1)[nH]c1ccccc12.c1ccncc1. The van der Waals surface area contributed by atoms with Gasteiger partial charge >= 0.3 is 0 Å². The summed E-state index contributed by atoms with van der Waals surface area (Å²) >= 11 is 0. The fourth-order valence-electron chi connectivity index (χ4n) is 2.11. The first-order chi connectivity index (χ1) is 9.45. The Balaban J connectivity index is 0.000000180. The fourth-order valence-corrected chi connectivity index (χ4v) is 2.11. The Morgan fingerprint density at radius 2 is 1.10 bits per heavy atom. The van der Waals surface area contributed by atoms with E-state index in [4.69, 9.17) is 0 Å². The molecule has 0 unspecified atom stereocenters. The van der Waals surface area contributed by atoms with Gasteiger partial charge in [0.25, 0.3) is 0 Å². The molecule has 3 heteroatoms. The molecule has 0 aliphatic heterocycles. The summed E-state index contributed by atoms with van der Waals surface area (Å²) in [5.74, 6) is 0. The predicted octanol–water partition coefficient (Wildman–Crippen LogP) is 4.40. The van der Waals surface area contributed by atoms with Crippen molar-refractivity contribution >= 4 is 21.8 Å². The smallest absolute Gasteiger partial charge is 0.0464 e. The van der Waals surface area contributed by atoms with Crippen molar-refractivity contribution < 1.29 is 22.4 Å². The van der Waals surface area contributed by atoms with Gasteiger partial charge < -0.3 is 4.98 Å². The summed E-state index contributed by atoms with van der Waals surface area (Å²) in [7, 11) is 0. The van der Waals surface area contributed by atoms with Crippen LogP contribution in [-0.2, 0) is 22.4 Å². The molecule has 0 atom stereocenters. The van der Waals surface area contributed by atoms with Crippen molar-refractivity contribution in [3.63, 3.8) is 0 Å². The second-order valence-electron chi connectivity index (χ2n) is 4.24. The largest absolute Gasteiger partial charge is 0.355 e. The summed E-state index contributed by atoms with van der Waals surface area (Å²) < 4.78 is 0. The molecule has 2 aromatic heterocycles. The summed E-state index contributed by atoms with van der Waals surface area (Å²) in [6, 6.07) is 22.5. The molecule has 20 heavy (non-hydrogen) atoms. The van der Waals surface area contributed by atoms with Crippen molar-refractivity contribution in [2.75, 3.05) is 0 Å². The molecule has 0 amide bonds. The van der Waals surface area contributed by atoms with Gasteiger partial charge in [0.1, 0.15) is 0 Å². The van der Waals surface area contributed by atoms with Gasteiger partial charge in [-0.3, -0.25) is 4.98 Å². The zero-order valence-electron chi connectivity index (χ0n) is 10.8.